The molecule has 3 N–H and O–H groups in total. The summed E-state index contributed by atoms with van der Waals surface area (Å²) in [7, 11) is 4.58. The van der Waals surface area contributed by atoms with Gasteiger partial charge in [0, 0.05) is 78.2 Å². The molecule has 3 aromatic heterocycles. The molecule has 1 saturated carbocycles. The molecule has 0 spiro atoms. The molecule has 3 amide bonds. The summed E-state index contributed by atoms with van der Waals surface area (Å²) in [5, 5.41) is 28.6. The molecular weight excluding hydrogens is 1790 g/mol. The first-order chi connectivity index (χ1) is 64.2. The number of rotatable bonds is 25. The number of aliphatic carboxylic acids is 3. The Morgan fingerprint density at radius 2 is 0.860 bits per heavy atom. The number of hydrogen-bond acceptors (Lipinski definition) is 21. The van der Waals surface area contributed by atoms with Crippen LogP contribution in [0, 0.1) is 32.1 Å². The summed E-state index contributed by atoms with van der Waals surface area (Å²) < 4.78 is 184. The molecule has 38 heteroatoms. The molecule has 8 aliphatic rings. The minimum atomic E-state index is -4.59. The number of aryl methyl sites for hydroxylation is 4. The molecule has 6 saturated heterocycles. The van der Waals surface area contributed by atoms with Crippen molar-refractivity contribution < 1.29 is 121 Å². The lowest BCUT2D eigenvalue weighted by Crippen LogP contribution is -2.57. The number of halogens is 11. The molecule has 6 aromatic carbocycles. The summed E-state index contributed by atoms with van der Waals surface area (Å²) >= 11 is 0. The largest absolute Gasteiger partial charge is 0.496 e. The van der Waals surface area contributed by atoms with E-state index in [4.69, 9.17) is 38.4 Å². The van der Waals surface area contributed by atoms with Gasteiger partial charge >= 0.3 is 54.7 Å². The van der Waals surface area contributed by atoms with Gasteiger partial charge < -0.3 is 58.4 Å². The lowest BCUT2D eigenvalue weighted by molar-refractivity contribution is -0.147. The monoisotopic (exact) mass is 1900 g/mol. The number of aromatic nitrogens is 6. The van der Waals surface area contributed by atoms with Gasteiger partial charge in [-0.05, 0) is 237 Å². The number of carbonyl (C=O) groups is 6. The predicted octanol–water partition coefficient (Wildman–Crippen LogP) is 20.1. The van der Waals surface area contributed by atoms with Crippen LogP contribution in [0.1, 0.15) is 206 Å². The number of methoxy groups -OCH3 is 3. The van der Waals surface area contributed by atoms with Crippen molar-refractivity contribution in [1.82, 2.24) is 44.6 Å². The Morgan fingerprint density at radius 1 is 0.471 bits per heavy atom. The minimum Gasteiger partial charge on any atom is -0.496 e. The molecule has 2 aliphatic carbocycles. The number of cyclic esters (lactones) is 3. The molecule has 17 rings (SSSR count). The van der Waals surface area contributed by atoms with E-state index in [-0.39, 0.29) is 72.9 Å². The number of benzene rings is 6. The van der Waals surface area contributed by atoms with Crippen LogP contribution in [0.3, 0.4) is 0 Å². The Kier molecular flexibility index (Phi) is 27.6. The zero-order chi connectivity index (χ0) is 97.9. The van der Waals surface area contributed by atoms with Gasteiger partial charge in [0.15, 0.2) is 0 Å². The second kappa shape index (κ2) is 38.5. The number of carboxylic acids is 3. The van der Waals surface area contributed by atoms with Crippen molar-refractivity contribution in [3.63, 3.8) is 0 Å². The van der Waals surface area contributed by atoms with Gasteiger partial charge in [0.2, 0.25) is 17.8 Å². The van der Waals surface area contributed by atoms with Crippen LogP contribution in [-0.2, 0) is 79.6 Å². The first-order valence-electron chi connectivity index (χ1n) is 44.7. The van der Waals surface area contributed by atoms with E-state index >= 15 is 0 Å². The summed E-state index contributed by atoms with van der Waals surface area (Å²) in [6.07, 6.45) is -7.50. The van der Waals surface area contributed by atoms with E-state index < -0.39 is 132 Å². The Hall–Kier alpha value is -13.2. The summed E-state index contributed by atoms with van der Waals surface area (Å²) in [5.41, 5.74) is 7.07. The molecule has 9 aromatic rings. The molecule has 722 valence electrons. The third-order valence-electron chi connectivity index (χ3n) is 26.6. The van der Waals surface area contributed by atoms with Crippen LogP contribution in [0.15, 0.2) is 122 Å². The Labute approximate surface area is 776 Å². The molecule has 0 radical (unpaired) electrons. The number of carbonyl (C=O) groups excluding carboxylic acids is 3. The molecule has 6 aliphatic heterocycles. The highest BCUT2D eigenvalue weighted by atomic mass is 19.4. The number of fused-ring (bicyclic) bond motifs is 1. The summed E-state index contributed by atoms with van der Waals surface area (Å²) in [5.74, 6) is -3.27. The van der Waals surface area contributed by atoms with Crippen molar-refractivity contribution in [1.29, 1.82) is 0 Å². The van der Waals surface area contributed by atoms with E-state index in [1.807, 2.05) is 46.2 Å². The molecule has 7 fully saturated rings. The third kappa shape index (κ3) is 20.9. The fraction of sp³-hybridized carbons (Fsp3) is 0.449. The highest BCUT2D eigenvalue weighted by Gasteiger charge is 2.49. The Balaban J connectivity index is 0.000000155. The SMILES string of the molecule is COc1cc2c(cc1-c1cnc(N3CCC3)nc1CN1C(=O)O[C@H](c3cc(C)cc(C(F)(F)F)c3)[C@@H]1C)[C@H](CC(=O)O)CC2.COc1ccc(C2CCC(C(=O)O)CC2)cc1-c1cnc(N2CC(F)(F)C2)nc1CN1C(=O)O[C@H](c2cc(C)cc(C(F)(F)F)c2)[C@@H]1C.COc1ccc(CC(C)(C)C(=O)O)cc1-c1cnc(N2CCC2)nc1CN1C(=O)O[C@H](c2cc(C)cc(C(F)(F)F)c2)[C@@H]1C. The maximum Gasteiger partial charge on any atom is 0.416 e. The van der Waals surface area contributed by atoms with Crippen LogP contribution in [0.5, 0.6) is 17.2 Å². The summed E-state index contributed by atoms with van der Waals surface area (Å²) in [4.78, 5) is 112. The fourth-order valence-electron chi connectivity index (χ4n) is 18.8. The molecule has 9 heterocycles. The van der Waals surface area contributed by atoms with E-state index in [2.05, 4.69) is 19.9 Å². The Bertz CT molecular complexity index is 6080. The molecule has 0 unspecified atom stereocenters. The molecule has 7 atom stereocenters. The van der Waals surface area contributed by atoms with Gasteiger partial charge in [-0.1, -0.05) is 47.0 Å². The minimum absolute atomic E-state index is 0.00113. The first kappa shape index (κ1) is 97.4. The number of alkyl halides is 11. The third-order valence-corrected chi connectivity index (χ3v) is 26.6. The number of ether oxygens (including phenoxy) is 6. The highest BCUT2D eigenvalue weighted by Crippen LogP contribution is 2.49. The lowest BCUT2D eigenvalue weighted by Gasteiger charge is -2.38. The highest BCUT2D eigenvalue weighted by molar-refractivity contribution is 5.81. The molecule has 136 heavy (non-hydrogen) atoms. The number of hydrogen-bond donors (Lipinski definition) is 3. The van der Waals surface area contributed by atoms with Gasteiger partial charge in [-0.15, -0.1) is 0 Å². The topological polar surface area (TPSA) is 315 Å². The standard InChI is InChI=1S/C34H35F5N4O5.C32H33F3N4O5.C32H35F3N4O5/c1-18-10-23(12-24(11-18)34(37,38)39)29-19(2)43(32(46)48-29)15-27-26(14-40-31(41-27)42-16-33(35,36)17-42)25-13-22(8-9-28(25)47-3)20-4-6-21(7-5-20)30(44)45;1-17-9-21(11-22(10-17)32(33,34)35)29-18(2)39(31(42)44-29)16-26-25(15-36-30(37-26)38-7-4-8-38)24-14-23-19(12-27(24)43-3)5-6-20(23)13-28(40)41;1-18-11-21(14-22(12-18)32(33,34)35)27-19(2)39(30(42)44-27)17-25-24(16-36-29(37-25)38-9-6-10-38)23-13-20(7-8-26(23)43-5)15-31(3,4)28(40)41/h8-14,19-21,29H,4-7,15-17H2,1-3H3,(H,44,45);9-12,14-15,18,20,29H,4-8,13,16H2,1-3H3,(H,40,41);7-8,11-14,16,19,27H,6,9-10,15,17H2,1-5H3,(H,40,41)/t19-,20?,21?,29-;18-,20-,29-;19-,27-/m000/s1. The molecule has 27 nitrogen and oxygen atoms in total. The number of anilines is 3. The van der Waals surface area contributed by atoms with Crippen molar-refractivity contribution in [2.75, 3.05) is 75.3 Å². The maximum absolute atomic E-state index is 13.8. The van der Waals surface area contributed by atoms with Crippen molar-refractivity contribution in [2.45, 2.75) is 212 Å². The first-order valence-corrected chi connectivity index (χ1v) is 44.7. The normalized spacial score (nSPS) is 21.3. The lowest BCUT2D eigenvalue weighted by atomic mass is 9.78. The van der Waals surface area contributed by atoms with E-state index in [1.54, 1.807) is 98.3 Å². The van der Waals surface area contributed by atoms with Crippen LogP contribution < -0.4 is 28.9 Å². The second-order valence-electron chi connectivity index (χ2n) is 36.7. The molecule has 0 bridgehead atoms. The molecular formula is C98H103F11N12O15. The maximum atomic E-state index is 13.8. The zero-order valence-electron chi connectivity index (χ0n) is 76.4. The van der Waals surface area contributed by atoms with Crippen LogP contribution in [0.4, 0.5) is 80.5 Å². The van der Waals surface area contributed by atoms with Gasteiger partial charge in [-0.3, -0.25) is 29.1 Å². The summed E-state index contributed by atoms with van der Waals surface area (Å²) in [6, 6.07) is 23.9. The average molecular weight is 1900 g/mol. The average Bonchev–Trinajstić information content (AvgIpc) is 0.920. The van der Waals surface area contributed by atoms with Gasteiger partial charge in [-0.2, -0.15) is 39.5 Å². The van der Waals surface area contributed by atoms with Crippen molar-refractivity contribution in [3.05, 3.63) is 211 Å². The van der Waals surface area contributed by atoms with E-state index in [0.717, 1.165) is 111 Å². The van der Waals surface area contributed by atoms with Gasteiger partial charge in [0.25, 0.3) is 5.92 Å². The van der Waals surface area contributed by atoms with E-state index in [1.165, 1.54) is 46.9 Å². The van der Waals surface area contributed by atoms with Crippen molar-refractivity contribution >= 4 is 54.0 Å². The Morgan fingerprint density at radius 3 is 1.22 bits per heavy atom. The predicted molar refractivity (Wildman–Crippen MR) is 475 cm³/mol. The van der Waals surface area contributed by atoms with Crippen LogP contribution in [-0.4, -0.2) is 181 Å². The zero-order valence-corrected chi connectivity index (χ0v) is 76.4. The number of carboxylic acid groups (broad SMARTS) is 3. The summed E-state index contributed by atoms with van der Waals surface area (Å²) in [6.45, 7) is 15.1. The van der Waals surface area contributed by atoms with Gasteiger partial charge in [0.1, 0.15) is 35.6 Å². The van der Waals surface area contributed by atoms with Crippen LogP contribution in [0.25, 0.3) is 33.4 Å². The van der Waals surface area contributed by atoms with Crippen molar-refractivity contribution in [3.8, 4) is 50.6 Å². The number of amides is 3. The van der Waals surface area contributed by atoms with E-state index in [9.17, 15) is 92.4 Å². The second-order valence-corrected chi connectivity index (χ2v) is 36.7. The smallest absolute Gasteiger partial charge is 0.416 e. The van der Waals surface area contributed by atoms with Gasteiger partial charge in [-0.25, -0.2) is 53.1 Å². The fourth-order valence-corrected chi connectivity index (χ4v) is 18.8. The van der Waals surface area contributed by atoms with Crippen LogP contribution >= 0.6 is 0 Å². The quantitative estimate of drug-likeness (QED) is 0.0353. The van der Waals surface area contributed by atoms with Crippen LogP contribution in [0.2, 0.25) is 0 Å². The number of nitrogens with zero attached hydrogens (tertiary/aromatic N) is 12. The van der Waals surface area contributed by atoms with E-state index in [0.29, 0.717) is 122 Å². The van der Waals surface area contributed by atoms with Crippen molar-refractivity contribution in [2.24, 2.45) is 11.3 Å². The van der Waals surface area contributed by atoms with Gasteiger partial charge in [0.05, 0.1) is 124 Å².